The van der Waals surface area contributed by atoms with Gasteiger partial charge in [-0.1, -0.05) is 11.3 Å². The van der Waals surface area contributed by atoms with Crippen LogP contribution in [-0.2, 0) is 13.1 Å². The molecule has 3 aromatic rings. The summed E-state index contributed by atoms with van der Waals surface area (Å²) in [7, 11) is 1.62. The minimum Gasteiger partial charge on any atom is -0.494 e. The van der Waals surface area contributed by atoms with E-state index in [0.717, 1.165) is 16.8 Å². The SMILES string of the molecule is COc1cccc2c1nc(N)n2CCn1ccnn1. The van der Waals surface area contributed by atoms with Gasteiger partial charge in [0.25, 0.3) is 0 Å². The normalized spacial score (nSPS) is 11.0. The van der Waals surface area contributed by atoms with E-state index in [-0.39, 0.29) is 0 Å². The average molecular weight is 258 g/mol. The van der Waals surface area contributed by atoms with Gasteiger partial charge in [0, 0.05) is 12.7 Å². The van der Waals surface area contributed by atoms with Crippen molar-refractivity contribution in [1.82, 2.24) is 24.5 Å². The van der Waals surface area contributed by atoms with E-state index < -0.39 is 0 Å². The van der Waals surface area contributed by atoms with Gasteiger partial charge in [0.1, 0.15) is 11.3 Å². The number of hydrogen-bond donors (Lipinski definition) is 1. The van der Waals surface area contributed by atoms with Crippen LogP contribution in [-0.4, -0.2) is 31.7 Å². The number of aryl methyl sites for hydroxylation is 2. The van der Waals surface area contributed by atoms with Crippen molar-refractivity contribution in [1.29, 1.82) is 0 Å². The summed E-state index contributed by atoms with van der Waals surface area (Å²) in [6.45, 7) is 1.37. The maximum Gasteiger partial charge on any atom is 0.201 e. The van der Waals surface area contributed by atoms with Crippen LogP contribution in [0.2, 0.25) is 0 Å². The Morgan fingerprint density at radius 1 is 1.32 bits per heavy atom. The Bertz CT molecular complexity index is 688. The Hall–Kier alpha value is -2.57. The summed E-state index contributed by atoms with van der Waals surface area (Å²) in [6.07, 6.45) is 3.47. The number of fused-ring (bicyclic) bond motifs is 1. The molecule has 1 aromatic carbocycles. The van der Waals surface area contributed by atoms with Crippen molar-refractivity contribution in [2.75, 3.05) is 12.8 Å². The number of hydrogen-bond acceptors (Lipinski definition) is 5. The van der Waals surface area contributed by atoms with Crippen molar-refractivity contribution in [2.24, 2.45) is 0 Å². The van der Waals surface area contributed by atoms with Gasteiger partial charge in [-0.3, -0.25) is 4.68 Å². The first-order valence-electron chi connectivity index (χ1n) is 5.92. The number of nitrogen functional groups attached to an aromatic ring is 1. The zero-order chi connectivity index (χ0) is 13.2. The summed E-state index contributed by atoms with van der Waals surface area (Å²) < 4.78 is 8.99. The molecule has 0 atom stereocenters. The van der Waals surface area contributed by atoms with E-state index in [1.165, 1.54) is 0 Å². The number of anilines is 1. The smallest absolute Gasteiger partial charge is 0.201 e. The molecule has 0 saturated carbocycles. The Morgan fingerprint density at radius 2 is 2.21 bits per heavy atom. The van der Waals surface area contributed by atoms with Gasteiger partial charge in [-0.15, -0.1) is 5.10 Å². The van der Waals surface area contributed by atoms with Crippen LogP contribution in [0, 0.1) is 0 Å². The maximum atomic E-state index is 5.97. The molecule has 2 aromatic heterocycles. The van der Waals surface area contributed by atoms with Crippen LogP contribution in [0.1, 0.15) is 0 Å². The summed E-state index contributed by atoms with van der Waals surface area (Å²) >= 11 is 0. The predicted molar refractivity (Wildman–Crippen MR) is 70.7 cm³/mol. The molecule has 0 saturated heterocycles. The molecule has 7 nitrogen and oxygen atoms in total. The second-order valence-corrected chi connectivity index (χ2v) is 4.12. The molecule has 0 bridgehead atoms. The lowest BCUT2D eigenvalue weighted by Gasteiger charge is -2.06. The average Bonchev–Trinajstić information content (AvgIpc) is 3.03. The highest BCUT2D eigenvalue weighted by Gasteiger charge is 2.11. The van der Waals surface area contributed by atoms with E-state index in [0.29, 0.717) is 19.0 Å². The van der Waals surface area contributed by atoms with E-state index in [4.69, 9.17) is 10.5 Å². The Kier molecular flexibility index (Phi) is 2.79. The number of nitrogens with two attached hydrogens (primary N) is 1. The highest BCUT2D eigenvalue weighted by molar-refractivity contribution is 5.84. The molecule has 3 rings (SSSR count). The van der Waals surface area contributed by atoms with E-state index in [1.807, 2.05) is 29.0 Å². The molecule has 98 valence electrons. The lowest BCUT2D eigenvalue weighted by atomic mass is 10.3. The fourth-order valence-electron chi connectivity index (χ4n) is 2.09. The van der Waals surface area contributed by atoms with Crippen LogP contribution in [0.3, 0.4) is 0 Å². The van der Waals surface area contributed by atoms with E-state index in [2.05, 4.69) is 15.3 Å². The standard InChI is InChI=1S/C12H14N6O/c1-19-10-4-2-3-9-11(10)15-12(13)18(9)8-7-17-6-5-14-16-17/h2-6H,7-8H2,1H3,(H2,13,15). The zero-order valence-corrected chi connectivity index (χ0v) is 10.5. The highest BCUT2D eigenvalue weighted by atomic mass is 16.5. The first-order chi connectivity index (χ1) is 9.29. The number of rotatable bonds is 4. The van der Waals surface area contributed by atoms with Gasteiger partial charge in [-0.25, -0.2) is 4.98 Å². The molecular formula is C12H14N6O. The molecular weight excluding hydrogens is 244 g/mol. The van der Waals surface area contributed by atoms with Crippen molar-refractivity contribution < 1.29 is 4.74 Å². The van der Waals surface area contributed by atoms with Gasteiger partial charge in [0.05, 0.1) is 25.4 Å². The van der Waals surface area contributed by atoms with Crippen molar-refractivity contribution in [3.8, 4) is 5.75 Å². The number of benzene rings is 1. The highest BCUT2D eigenvalue weighted by Crippen LogP contribution is 2.26. The molecule has 19 heavy (non-hydrogen) atoms. The van der Waals surface area contributed by atoms with Crippen LogP contribution in [0.5, 0.6) is 5.75 Å². The lowest BCUT2D eigenvalue weighted by molar-refractivity contribution is 0.419. The largest absolute Gasteiger partial charge is 0.494 e. The van der Waals surface area contributed by atoms with Gasteiger partial charge in [0.2, 0.25) is 5.95 Å². The molecule has 0 aliphatic rings. The third kappa shape index (κ3) is 1.99. The molecule has 2 N–H and O–H groups in total. The quantitative estimate of drug-likeness (QED) is 0.752. The summed E-state index contributed by atoms with van der Waals surface area (Å²) in [5.41, 5.74) is 7.70. The number of ether oxygens (including phenoxy) is 1. The van der Waals surface area contributed by atoms with E-state index in [9.17, 15) is 0 Å². The summed E-state index contributed by atoms with van der Waals surface area (Å²) in [4.78, 5) is 4.35. The second kappa shape index (κ2) is 4.60. The minimum absolute atomic E-state index is 0.472. The second-order valence-electron chi connectivity index (χ2n) is 4.12. The number of aromatic nitrogens is 5. The van der Waals surface area contributed by atoms with Crippen molar-refractivity contribution in [3.63, 3.8) is 0 Å². The predicted octanol–water partition coefficient (Wildman–Crippen LogP) is 0.919. The molecule has 0 radical (unpaired) electrons. The van der Waals surface area contributed by atoms with Crippen LogP contribution in [0.25, 0.3) is 11.0 Å². The number of nitrogens with zero attached hydrogens (tertiary/aromatic N) is 5. The molecule has 0 amide bonds. The first kappa shape index (κ1) is 11.5. The van der Waals surface area contributed by atoms with Gasteiger partial charge in [-0.2, -0.15) is 0 Å². The number of imidazole rings is 1. The topological polar surface area (TPSA) is 83.8 Å². The Labute approximate surface area is 109 Å². The van der Waals surface area contributed by atoms with Gasteiger partial charge in [0.15, 0.2) is 0 Å². The van der Waals surface area contributed by atoms with E-state index >= 15 is 0 Å². The Balaban J connectivity index is 1.96. The molecule has 2 heterocycles. The number of para-hydroxylation sites is 1. The Morgan fingerprint density at radius 3 is 2.95 bits per heavy atom. The summed E-state index contributed by atoms with van der Waals surface area (Å²) in [5, 5.41) is 7.70. The zero-order valence-electron chi connectivity index (χ0n) is 10.5. The fraction of sp³-hybridized carbons (Fsp3) is 0.250. The molecule has 0 unspecified atom stereocenters. The molecule has 7 heteroatoms. The monoisotopic (exact) mass is 258 g/mol. The molecule has 0 aliphatic heterocycles. The third-order valence-electron chi connectivity index (χ3n) is 3.02. The van der Waals surface area contributed by atoms with Crippen LogP contribution in [0.4, 0.5) is 5.95 Å². The molecule has 0 spiro atoms. The van der Waals surface area contributed by atoms with Crippen molar-refractivity contribution in [3.05, 3.63) is 30.6 Å². The van der Waals surface area contributed by atoms with Gasteiger partial charge < -0.3 is 15.0 Å². The van der Waals surface area contributed by atoms with Gasteiger partial charge in [-0.05, 0) is 12.1 Å². The molecule has 0 aliphatic carbocycles. The fourth-order valence-corrected chi connectivity index (χ4v) is 2.09. The number of methoxy groups -OCH3 is 1. The van der Waals surface area contributed by atoms with Crippen LogP contribution < -0.4 is 10.5 Å². The van der Waals surface area contributed by atoms with Crippen molar-refractivity contribution >= 4 is 17.0 Å². The lowest BCUT2D eigenvalue weighted by Crippen LogP contribution is -2.10. The first-order valence-corrected chi connectivity index (χ1v) is 5.92. The van der Waals surface area contributed by atoms with Crippen molar-refractivity contribution in [2.45, 2.75) is 13.1 Å². The molecule has 0 fully saturated rings. The minimum atomic E-state index is 0.472. The van der Waals surface area contributed by atoms with Crippen LogP contribution in [0.15, 0.2) is 30.6 Å². The third-order valence-corrected chi connectivity index (χ3v) is 3.02. The maximum absolute atomic E-state index is 5.97. The van der Waals surface area contributed by atoms with Crippen LogP contribution >= 0.6 is 0 Å². The summed E-state index contributed by atoms with van der Waals surface area (Å²) in [6, 6.07) is 5.77. The summed E-state index contributed by atoms with van der Waals surface area (Å²) in [5.74, 6) is 1.20. The van der Waals surface area contributed by atoms with E-state index in [1.54, 1.807) is 18.0 Å². The van der Waals surface area contributed by atoms with Gasteiger partial charge >= 0.3 is 0 Å².